The van der Waals surface area contributed by atoms with Crippen LogP contribution in [0.1, 0.15) is 51.4 Å². The van der Waals surface area contributed by atoms with E-state index >= 15 is 0 Å². The largest absolute Gasteiger partial charge is 0.409 e. The van der Waals surface area contributed by atoms with Gasteiger partial charge in [0.1, 0.15) is 5.54 Å². The van der Waals surface area contributed by atoms with Gasteiger partial charge in [-0.3, -0.25) is 4.79 Å². The zero-order valence-corrected chi connectivity index (χ0v) is 11.7. The average molecular weight is 271 g/mol. The Morgan fingerprint density at radius 2 is 2.00 bits per heavy atom. The van der Waals surface area contributed by atoms with Crippen LogP contribution in [0.15, 0.2) is 5.16 Å². The zero-order valence-electron chi connectivity index (χ0n) is 11.7. The molecule has 0 aromatic carbocycles. The first-order valence-electron chi connectivity index (χ1n) is 6.92. The van der Waals surface area contributed by atoms with Gasteiger partial charge in [-0.25, -0.2) is 0 Å². The smallest absolute Gasteiger partial charge is 0.220 e. The van der Waals surface area contributed by atoms with Crippen LogP contribution >= 0.6 is 0 Å². The van der Waals surface area contributed by atoms with Crippen molar-refractivity contribution in [2.45, 2.75) is 56.9 Å². The molecule has 6 heteroatoms. The van der Waals surface area contributed by atoms with Crippen LogP contribution in [0.25, 0.3) is 0 Å². The first-order valence-corrected chi connectivity index (χ1v) is 6.92. The number of nitrogens with two attached hydrogens (primary N) is 1. The van der Waals surface area contributed by atoms with Gasteiger partial charge in [-0.15, -0.1) is 0 Å². The Morgan fingerprint density at radius 3 is 2.53 bits per heavy atom. The summed E-state index contributed by atoms with van der Waals surface area (Å²) in [6, 6.07) is 0. The molecule has 0 heterocycles. The number of hydrogen-bond acceptors (Lipinski definition) is 4. The van der Waals surface area contributed by atoms with E-state index in [0.29, 0.717) is 19.4 Å². The summed E-state index contributed by atoms with van der Waals surface area (Å²) < 4.78 is 4.93. The summed E-state index contributed by atoms with van der Waals surface area (Å²) in [6.07, 6.45) is 6.75. The van der Waals surface area contributed by atoms with E-state index in [-0.39, 0.29) is 11.7 Å². The second kappa shape index (κ2) is 7.99. The molecule has 1 aliphatic carbocycles. The molecule has 0 unspecified atom stereocenters. The second-order valence-corrected chi connectivity index (χ2v) is 5.13. The molecule has 6 nitrogen and oxygen atoms in total. The van der Waals surface area contributed by atoms with Gasteiger partial charge in [0.15, 0.2) is 5.84 Å². The van der Waals surface area contributed by atoms with E-state index < -0.39 is 5.54 Å². The Morgan fingerprint density at radius 1 is 1.37 bits per heavy atom. The van der Waals surface area contributed by atoms with Crippen molar-refractivity contribution in [2.24, 2.45) is 10.9 Å². The summed E-state index contributed by atoms with van der Waals surface area (Å²) in [5.74, 6) is 0.0556. The van der Waals surface area contributed by atoms with Crippen molar-refractivity contribution in [1.29, 1.82) is 0 Å². The molecule has 1 amide bonds. The number of carbonyl (C=O) groups is 1. The lowest BCUT2D eigenvalue weighted by Crippen LogP contribution is -2.57. The Balaban J connectivity index is 2.66. The van der Waals surface area contributed by atoms with Crippen LogP contribution in [0.3, 0.4) is 0 Å². The molecule has 4 N–H and O–H groups in total. The van der Waals surface area contributed by atoms with Gasteiger partial charge < -0.3 is 21.0 Å². The summed E-state index contributed by atoms with van der Waals surface area (Å²) >= 11 is 0. The summed E-state index contributed by atoms with van der Waals surface area (Å²) in [5, 5.41) is 15.1. The van der Waals surface area contributed by atoms with Gasteiger partial charge >= 0.3 is 0 Å². The van der Waals surface area contributed by atoms with Crippen LogP contribution in [0.5, 0.6) is 0 Å². The summed E-state index contributed by atoms with van der Waals surface area (Å²) in [4.78, 5) is 12.0. The Labute approximate surface area is 114 Å². The number of nitrogens with one attached hydrogen (secondary N) is 1. The average Bonchev–Trinajstić information content (AvgIpc) is 2.64. The third-order valence-electron chi connectivity index (χ3n) is 3.69. The van der Waals surface area contributed by atoms with Gasteiger partial charge in [-0.1, -0.05) is 30.8 Å². The first kappa shape index (κ1) is 15.8. The van der Waals surface area contributed by atoms with Gasteiger partial charge in [-0.05, 0) is 19.3 Å². The molecule has 0 aromatic rings. The fraction of sp³-hybridized carbons (Fsp3) is 0.846. The van der Waals surface area contributed by atoms with Gasteiger partial charge in [-0.2, -0.15) is 0 Å². The Hall–Kier alpha value is -1.30. The Kier molecular flexibility index (Phi) is 6.62. The molecule has 0 radical (unpaired) electrons. The minimum Gasteiger partial charge on any atom is -0.409 e. The van der Waals surface area contributed by atoms with Crippen LogP contribution < -0.4 is 11.1 Å². The lowest BCUT2D eigenvalue weighted by atomic mass is 9.88. The predicted octanol–water partition coefficient (Wildman–Crippen LogP) is 1.37. The molecule has 0 bridgehead atoms. The maximum atomic E-state index is 12.0. The van der Waals surface area contributed by atoms with Crippen molar-refractivity contribution in [1.82, 2.24) is 5.32 Å². The molecule has 0 spiro atoms. The SMILES string of the molecule is COCCCC(=O)NC1(C(N)=NO)CCCCCC1. The van der Waals surface area contributed by atoms with Crippen molar-refractivity contribution in [3.8, 4) is 0 Å². The van der Waals surface area contributed by atoms with E-state index in [1.165, 1.54) is 0 Å². The van der Waals surface area contributed by atoms with Crippen LogP contribution in [-0.2, 0) is 9.53 Å². The molecule has 0 atom stereocenters. The lowest BCUT2D eigenvalue weighted by Gasteiger charge is -2.32. The molecule has 1 fully saturated rings. The van der Waals surface area contributed by atoms with Crippen LogP contribution in [0, 0.1) is 0 Å². The maximum Gasteiger partial charge on any atom is 0.220 e. The van der Waals surface area contributed by atoms with E-state index in [1.807, 2.05) is 0 Å². The molecular weight excluding hydrogens is 246 g/mol. The van der Waals surface area contributed by atoms with E-state index in [9.17, 15) is 4.79 Å². The molecular formula is C13H25N3O3. The maximum absolute atomic E-state index is 12.0. The fourth-order valence-electron chi connectivity index (χ4n) is 2.58. The monoisotopic (exact) mass is 271 g/mol. The predicted molar refractivity (Wildman–Crippen MR) is 73.1 cm³/mol. The van der Waals surface area contributed by atoms with Crippen molar-refractivity contribution in [2.75, 3.05) is 13.7 Å². The van der Waals surface area contributed by atoms with Crippen molar-refractivity contribution >= 4 is 11.7 Å². The van der Waals surface area contributed by atoms with E-state index in [4.69, 9.17) is 15.7 Å². The zero-order chi connectivity index (χ0) is 14.1. The topological polar surface area (TPSA) is 96.9 Å². The number of amidine groups is 1. The Bertz CT molecular complexity index is 310. The highest BCUT2D eigenvalue weighted by molar-refractivity contribution is 5.93. The van der Waals surface area contributed by atoms with Crippen molar-refractivity contribution in [3.63, 3.8) is 0 Å². The quantitative estimate of drug-likeness (QED) is 0.170. The number of carbonyl (C=O) groups excluding carboxylic acids is 1. The van der Waals surface area contributed by atoms with Crippen molar-refractivity contribution < 1.29 is 14.7 Å². The molecule has 0 aliphatic heterocycles. The van der Waals surface area contributed by atoms with Gasteiger partial charge in [0, 0.05) is 20.1 Å². The molecule has 110 valence electrons. The number of methoxy groups -OCH3 is 1. The minimum absolute atomic E-state index is 0.0643. The van der Waals surface area contributed by atoms with E-state index in [2.05, 4.69) is 10.5 Å². The number of rotatable bonds is 6. The standard InChI is InChI=1S/C13H25N3O3/c1-19-10-6-7-11(17)15-13(12(14)16-18)8-4-2-3-5-9-13/h18H,2-10H2,1H3,(H2,14,16)(H,15,17). The highest BCUT2D eigenvalue weighted by atomic mass is 16.5. The molecule has 1 rings (SSSR count). The normalized spacial score (nSPS) is 19.7. The minimum atomic E-state index is -0.671. The number of amides is 1. The van der Waals surface area contributed by atoms with Crippen LogP contribution in [-0.4, -0.2) is 36.2 Å². The van der Waals surface area contributed by atoms with E-state index in [1.54, 1.807) is 7.11 Å². The van der Waals surface area contributed by atoms with Gasteiger partial charge in [0.2, 0.25) is 5.91 Å². The molecule has 0 aromatic heterocycles. The number of nitrogens with zero attached hydrogens (tertiary/aromatic N) is 1. The first-order chi connectivity index (χ1) is 9.14. The molecule has 0 saturated heterocycles. The fourth-order valence-corrected chi connectivity index (χ4v) is 2.58. The van der Waals surface area contributed by atoms with E-state index in [0.717, 1.165) is 38.5 Å². The number of hydrogen-bond donors (Lipinski definition) is 3. The molecule has 19 heavy (non-hydrogen) atoms. The number of ether oxygens (including phenoxy) is 1. The summed E-state index contributed by atoms with van der Waals surface area (Å²) in [7, 11) is 1.61. The third-order valence-corrected chi connectivity index (χ3v) is 3.69. The van der Waals surface area contributed by atoms with Gasteiger partial charge in [0.25, 0.3) is 0 Å². The number of oxime groups is 1. The second-order valence-electron chi connectivity index (χ2n) is 5.13. The lowest BCUT2D eigenvalue weighted by molar-refractivity contribution is -0.122. The molecule has 1 aliphatic rings. The highest BCUT2D eigenvalue weighted by Gasteiger charge is 2.36. The van der Waals surface area contributed by atoms with Crippen LogP contribution in [0.4, 0.5) is 0 Å². The van der Waals surface area contributed by atoms with Crippen LogP contribution in [0.2, 0.25) is 0 Å². The third kappa shape index (κ3) is 4.70. The van der Waals surface area contributed by atoms with Gasteiger partial charge in [0.05, 0.1) is 0 Å². The summed E-state index contributed by atoms with van der Waals surface area (Å²) in [5.41, 5.74) is 5.14. The highest BCUT2D eigenvalue weighted by Crippen LogP contribution is 2.27. The molecule has 1 saturated carbocycles. The van der Waals surface area contributed by atoms with Crippen molar-refractivity contribution in [3.05, 3.63) is 0 Å². The summed E-state index contributed by atoms with van der Waals surface area (Å²) in [6.45, 7) is 0.560.